The normalized spacial score (nSPS) is 15.0. The van der Waals surface area contributed by atoms with Gasteiger partial charge in [-0.2, -0.15) is 4.31 Å². The van der Waals surface area contributed by atoms with Gasteiger partial charge in [0.2, 0.25) is 10.0 Å². The molecule has 8 nitrogen and oxygen atoms in total. The van der Waals surface area contributed by atoms with Crippen molar-refractivity contribution in [3.8, 4) is 5.75 Å². The Kier molecular flexibility index (Phi) is 8.71. The summed E-state index contributed by atoms with van der Waals surface area (Å²) in [6, 6.07) is 14.9. The Morgan fingerprint density at radius 1 is 1.03 bits per heavy atom. The van der Waals surface area contributed by atoms with Gasteiger partial charge < -0.3 is 15.0 Å². The molecule has 0 atom stereocenters. The molecule has 1 amide bonds. The minimum atomic E-state index is -3.75. The van der Waals surface area contributed by atoms with E-state index in [1.54, 1.807) is 19.9 Å². The largest absolute Gasteiger partial charge is 0.495 e. The van der Waals surface area contributed by atoms with E-state index in [-0.39, 0.29) is 16.6 Å². The number of para-hydroxylation sites is 1. The summed E-state index contributed by atoms with van der Waals surface area (Å²) in [7, 11) is -2.33. The van der Waals surface area contributed by atoms with Gasteiger partial charge in [0.05, 0.1) is 7.11 Å². The fourth-order valence-electron chi connectivity index (χ4n) is 4.02. The predicted octanol–water partition coefficient (Wildman–Crippen LogP) is 2.28. The summed E-state index contributed by atoms with van der Waals surface area (Å²) < 4.78 is 32.6. The smallest absolute Gasteiger partial charge is 0.251 e. The number of methoxy groups -OCH3 is 1. The number of rotatable bonds is 10. The van der Waals surface area contributed by atoms with Crippen LogP contribution in [0, 0.1) is 0 Å². The van der Waals surface area contributed by atoms with Crippen molar-refractivity contribution in [2.24, 2.45) is 0 Å². The predicted molar refractivity (Wildman–Crippen MR) is 131 cm³/mol. The zero-order valence-corrected chi connectivity index (χ0v) is 20.5. The maximum Gasteiger partial charge on any atom is 0.251 e. The molecule has 3 rings (SSSR count). The molecule has 1 aliphatic heterocycles. The Balaban J connectivity index is 1.57. The highest BCUT2D eigenvalue weighted by Gasteiger charge is 2.27. The fourth-order valence-corrected chi connectivity index (χ4v) is 5.66. The van der Waals surface area contributed by atoms with Crippen LogP contribution in [0.1, 0.15) is 24.2 Å². The average molecular weight is 475 g/mol. The molecule has 2 aromatic carbocycles. The van der Waals surface area contributed by atoms with E-state index in [1.807, 2.05) is 6.07 Å². The number of hydrogen-bond acceptors (Lipinski definition) is 6. The van der Waals surface area contributed by atoms with Gasteiger partial charge in [-0.05, 0) is 30.3 Å². The number of sulfonamides is 1. The van der Waals surface area contributed by atoms with E-state index in [4.69, 9.17) is 4.74 Å². The lowest BCUT2D eigenvalue weighted by molar-refractivity contribution is 0.0947. The Bertz CT molecular complexity index is 1020. The fraction of sp³-hybridized carbons (Fsp3) is 0.458. The number of ether oxygens (including phenoxy) is 1. The highest BCUT2D eigenvalue weighted by atomic mass is 32.2. The Morgan fingerprint density at radius 2 is 1.70 bits per heavy atom. The maximum atomic E-state index is 13.0. The summed E-state index contributed by atoms with van der Waals surface area (Å²) in [6.45, 7) is 9.24. The minimum absolute atomic E-state index is 0.0124. The van der Waals surface area contributed by atoms with Crippen LogP contribution in [-0.2, 0) is 10.0 Å². The lowest BCUT2D eigenvalue weighted by Crippen LogP contribution is -2.48. The van der Waals surface area contributed by atoms with Crippen molar-refractivity contribution in [3.63, 3.8) is 0 Å². The van der Waals surface area contributed by atoms with E-state index in [1.165, 1.54) is 29.2 Å². The topological polar surface area (TPSA) is 82.2 Å². The monoisotopic (exact) mass is 474 g/mol. The van der Waals surface area contributed by atoms with Gasteiger partial charge in [0.1, 0.15) is 10.6 Å². The van der Waals surface area contributed by atoms with Gasteiger partial charge in [-0.25, -0.2) is 8.42 Å². The van der Waals surface area contributed by atoms with Gasteiger partial charge in [0, 0.05) is 63.6 Å². The second-order valence-electron chi connectivity index (χ2n) is 7.88. The number of piperazine rings is 1. The van der Waals surface area contributed by atoms with Gasteiger partial charge in [0.25, 0.3) is 5.91 Å². The van der Waals surface area contributed by atoms with Crippen LogP contribution in [-0.4, -0.2) is 83.0 Å². The van der Waals surface area contributed by atoms with Crippen LogP contribution in [0.15, 0.2) is 53.4 Å². The Labute approximate surface area is 197 Å². The molecule has 0 radical (unpaired) electrons. The molecule has 180 valence electrons. The Hall–Kier alpha value is -2.62. The molecule has 2 aromatic rings. The summed E-state index contributed by atoms with van der Waals surface area (Å²) >= 11 is 0. The number of amides is 1. The molecule has 1 aliphatic rings. The van der Waals surface area contributed by atoms with Crippen LogP contribution < -0.4 is 15.0 Å². The van der Waals surface area contributed by atoms with E-state index in [0.717, 1.165) is 32.7 Å². The molecule has 0 unspecified atom stereocenters. The first-order valence-corrected chi connectivity index (χ1v) is 12.8. The first kappa shape index (κ1) is 25.0. The third-order valence-electron chi connectivity index (χ3n) is 5.96. The number of nitrogens with one attached hydrogen (secondary N) is 1. The van der Waals surface area contributed by atoms with Gasteiger partial charge in [0.15, 0.2) is 0 Å². The van der Waals surface area contributed by atoms with Gasteiger partial charge in [-0.3, -0.25) is 9.69 Å². The zero-order valence-electron chi connectivity index (χ0n) is 19.7. The van der Waals surface area contributed by atoms with Crippen LogP contribution in [0.3, 0.4) is 0 Å². The van der Waals surface area contributed by atoms with Crippen molar-refractivity contribution in [2.75, 3.05) is 64.4 Å². The van der Waals surface area contributed by atoms with E-state index in [2.05, 4.69) is 39.4 Å². The van der Waals surface area contributed by atoms with E-state index < -0.39 is 10.0 Å². The van der Waals surface area contributed by atoms with Gasteiger partial charge in [-0.15, -0.1) is 0 Å². The lowest BCUT2D eigenvalue weighted by Gasteiger charge is -2.36. The third-order valence-corrected chi connectivity index (χ3v) is 8.03. The average Bonchev–Trinajstić information content (AvgIpc) is 2.85. The summed E-state index contributed by atoms with van der Waals surface area (Å²) in [6.07, 6.45) is 0. The molecule has 0 aliphatic carbocycles. The SMILES string of the molecule is CCN(CC)S(=O)(=O)c1cc(C(=O)NCCN2CCN(c3ccccc3)CC2)ccc1OC. The van der Waals surface area contributed by atoms with Crippen LogP contribution in [0.25, 0.3) is 0 Å². The van der Waals surface area contributed by atoms with Crippen molar-refractivity contribution >= 4 is 21.6 Å². The van der Waals surface area contributed by atoms with E-state index in [9.17, 15) is 13.2 Å². The number of nitrogens with zero attached hydrogens (tertiary/aromatic N) is 3. The Morgan fingerprint density at radius 3 is 2.30 bits per heavy atom. The number of benzene rings is 2. The van der Waals surface area contributed by atoms with Crippen LogP contribution in [0.4, 0.5) is 5.69 Å². The van der Waals surface area contributed by atoms with Crippen LogP contribution >= 0.6 is 0 Å². The van der Waals surface area contributed by atoms with Gasteiger partial charge in [-0.1, -0.05) is 32.0 Å². The summed E-state index contributed by atoms with van der Waals surface area (Å²) in [5, 5.41) is 2.92. The van der Waals surface area contributed by atoms with Crippen molar-refractivity contribution < 1.29 is 17.9 Å². The van der Waals surface area contributed by atoms with Crippen LogP contribution in [0.5, 0.6) is 5.75 Å². The second-order valence-corrected chi connectivity index (χ2v) is 9.78. The van der Waals surface area contributed by atoms with Crippen molar-refractivity contribution in [1.29, 1.82) is 0 Å². The molecule has 1 fully saturated rings. The molecule has 9 heteroatoms. The molecule has 1 heterocycles. The van der Waals surface area contributed by atoms with Gasteiger partial charge >= 0.3 is 0 Å². The van der Waals surface area contributed by atoms with Crippen LogP contribution in [0.2, 0.25) is 0 Å². The molecular weight excluding hydrogens is 440 g/mol. The molecule has 0 spiro atoms. The molecule has 1 saturated heterocycles. The third kappa shape index (κ3) is 6.04. The highest BCUT2D eigenvalue weighted by Crippen LogP contribution is 2.28. The first-order chi connectivity index (χ1) is 15.9. The maximum absolute atomic E-state index is 13.0. The molecular formula is C24H34N4O4S. The molecule has 1 N–H and O–H groups in total. The second kappa shape index (κ2) is 11.5. The minimum Gasteiger partial charge on any atom is -0.495 e. The van der Waals surface area contributed by atoms with Crippen molar-refractivity contribution in [2.45, 2.75) is 18.7 Å². The number of carbonyl (C=O) groups excluding carboxylic acids is 1. The zero-order chi connectivity index (χ0) is 23.8. The lowest BCUT2D eigenvalue weighted by atomic mass is 10.2. The van der Waals surface area contributed by atoms with E-state index in [0.29, 0.717) is 25.2 Å². The van der Waals surface area contributed by atoms with Crippen molar-refractivity contribution in [1.82, 2.24) is 14.5 Å². The number of carbonyl (C=O) groups is 1. The quantitative estimate of drug-likeness (QED) is 0.569. The highest BCUT2D eigenvalue weighted by molar-refractivity contribution is 7.89. The van der Waals surface area contributed by atoms with Crippen molar-refractivity contribution in [3.05, 3.63) is 54.1 Å². The molecule has 33 heavy (non-hydrogen) atoms. The molecule has 0 saturated carbocycles. The number of anilines is 1. The molecule has 0 bridgehead atoms. The standard InChI is InChI=1S/C24H34N4O4S/c1-4-28(5-2)33(30,31)23-19-20(11-12-22(23)32-3)24(29)25-13-14-26-15-17-27(18-16-26)21-9-7-6-8-10-21/h6-12,19H,4-5,13-18H2,1-3H3,(H,25,29). The van der Waals surface area contributed by atoms with E-state index >= 15 is 0 Å². The molecule has 0 aromatic heterocycles. The summed E-state index contributed by atoms with van der Waals surface area (Å²) in [4.78, 5) is 17.4. The first-order valence-electron chi connectivity index (χ1n) is 11.4. The summed E-state index contributed by atoms with van der Waals surface area (Å²) in [5.74, 6) is -0.0636. The number of hydrogen-bond donors (Lipinski definition) is 1. The summed E-state index contributed by atoms with van der Waals surface area (Å²) in [5.41, 5.74) is 1.54.